The highest BCUT2D eigenvalue weighted by Gasteiger charge is 2.15. The normalized spacial score (nSPS) is 18.7. The first kappa shape index (κ1) is 15.5. The number of unbranched alkanes of at least 4 members (excludes halogenated alkanes) is 6. The Kier molecular flexibility index (Phi) is 9.40. The molecule has 3 heteroatoms. The Balaban J connectivity index is 1.81. The molecule has 0 aliphatic carbocycles. The van der Waals surface area contributed by atoms with Crippen LogP contribution in [0.3, 0.4) is 0 Å². The number of hydrogen-bond acceptors (Lipinski definition) is 2. The van der Waals surface area contributed by atoms with E-state index in [2.05, 4.69) is 20.8 Å². The average Bonchev–Trinajstić information content (AvgIpc) is 2.35. The molecule has 17 heavy (non-hydrogen) atoms. The summed E-state index contributed by atoms with van der Waals surface area (Å²) in [6, 6.07) is 0. The van der Waals surface area contributed by atoms with E-state index in [0.29, 0.717) is 0 Å². The number of halogens is 1. The highest BCUT2D eigenvalue weighted by molar-refractivity contribution is 9.09. The monoisotopic (exact) mass is 305 g/mol. The fourth-order valence-corrected chi connectivity index (χ4v) is 2.85. The molecule has 1 rings (SSSR count). The van der Waals surface area contributed by atoms with Crippen molar-refractivity contribution in [3.63, 3.8) is 0 Å². The number of aliphatic hydroxyl groups excluding tert-OH is 1. The Morgan fingerprint density at radius 3 is 2.00 bits per heavy atom. The summed E-state index contributed by atoms with van der Waals surface area (Å²) < 4.78 is 0. The molecular formula is C14H28BrNO. The molecule has 0 amide bonds. The first-order chi connectivity index (χ1) is 8.33. The van der Waals surface area contributed by atoms with E-state index in [1.54, 1.807) is 0 Å². The number of aliphatic hydroxyl groups is 1. The minimum absolute atomic E-state index is 0.0271. The van der Waals surface area contributed by atoms with Gasteiger partial charge in [0.25, 0.3) is 0 Å². The van der Waals surface area contributed by atoms with Gasteiger partial charge in [0.15, 0.2) is 0 Å². The molecule has 0 bridgehead atoms. The molecule has 1 aliphatic rings. The van der Waals surface area contributed by atoms with E-state index in [-0.39, 0.29) is 6.10 Å². The molecule has 0 spiro atoms. The average molecular weight is 306 g/mol. The predicted molar refractivity (Wildman–Crippen MR) is 77.8 cm³/mol. The molecule has 0 unspecified atom stereocenters. The maximum absolute atomic E-state index is 9.41. The van der Waals surface area contributed by atoms with Gasteiger partial charge in [0.05, 0.1) is 6.10 Å². The Labute approximate surface area is 115 Å². The van der Waals surface area contributed by atoms with E-state index in [0.717, 1.165) is 31.3 Å². The first-order valence-electron chi connectivity index (χ1n) is 7.29. The van der Waals surface area contributed by atoms with Gasteiger partial charge in [-0.1, -0.05) is 48.0 Å². The Hall–Kier alpha value is 0.400. The number of alkyl halides is 1. The zero-order valence-corrected chi connectivity index (χ0v) is 12.6. The third kappa shape index (κ3) is 8.17. The maximum Gasteiger partial charge on any atom is 0.0564 e. The van der Waals surface area contributed by atoms with E-state index in [4.69, 9.17) is 0 Å². The molecule has 0 saturated carbocycles. The Morgan fingerprint density at radius 1 is 0.882 bits per heavy atom. The molecule has 0 radical (unpaired) electrons. The molecular weight excluding hydrogens is 278 g/mol. The van der Waals surface area contributed by atoms with Crippen molar-refractivity contribution in [3.05, 3.63) is 0 Å². The predicted octanol–water partition coefficient (Wildman–Crippen LogP) is 3.57. The topological polar surface area (TPSA) is 23.5 Å². The second-order valence-electron chi connectivity index (χ2n) is 5.24. The molecule has 1 fully saturated rings. The molecule has 0 atom stereocenters. The Morgan fingerprint density at radius 2 is 1.41 bits per heavy atom. The van der Waals surface area contributed by atoms with Crippen LogP contribution in [0.25, 0.3) is 0 Å². The van der Waals surface area contributed by atoms with E-state index in [1.807, 2.05) is 0 Å². The minimum atomic E-state index is -0.0271. The van der Waals surface area contributed by atoms with Gasteiger partial charge in [0, 0.05) is 18.4 Å². The molecule has 102 valence electrons. The van der Waals surface area contributed by atoms with Crippen molar-refractivity contribution in [2.75, 3.05) is 25.0 Å². The SMILES string of the molecule is OC1CCN(CCCCCCCCCBr)CC1. The van der Waals surface area contributed by atoms with Crippen molar-refractivity contribution in [1.82, 2.24) is 4.90 Å². The number of rotatable bonds is 9. The number of hydrogen-bond donors (Lipinski definition) is 1. The highest BCUT2D eigenvalue weighted by atomic mass is 79.9. The van der Waals surface area contributed by atoms with Crippen LogP contribution in [0, 0.1) is 0 Å². The molecule has 1 saturated heterocycles. The zero-order chi connectivity index (χ0) is 12.3. The van der Waals surface area contributed by atoms with Crippen LogP contribution >= 0.6 is 15.9 Å². The summed E-state index contributed by atoms with van der Waals surface area (Å²) in [6.45, 7) is 3.45. The quantitative estimate of drug-likeness (QED) is 0.520. The summed E-state index contributed by atoms with van der Waals surface area (Å²) in [5, 5.41) is 10.6. The number of piperidine rings is 1. The van der Waals surface area contributed by atoms with E-state index in [1.165, 1.54) is 51.5 Å². The summed E-state index contributed by atoms with van der Waals surface area (Å²) in [5.41, 5.74) is 0. The fraction of sp³-hybridized carbons (Fsp3) is 1.00. The van der Waals surface area contributed by atoms with Crippen LogP contribution in [-0.4, -0.2) is 41.1 Å². The lowest BCUT2D eigenvalue weighted by atomic mass is 10.1. The summed E-state index contributed by atoms with van der Waals surface area (Å²) >= 11 is 3.47. The summed E-state index contributed by atoms with van der Waals surface area (Å²) in [4.78, 5) is 2.51. The van der Waals surface area contributed by atoms with Crippen molar-refractivity contribution in [3.8, 4) is 0 Å². The first-order valence-corrected chi connectivity index (χ1v) is 8.41. The minimum Gasteiger partial charge on any atom is -0.393 e. The molecule has 0 aromatic carbocycles. The fourth-order valence-electron chi connectivity index (χ4n) is 2.46. The second kappa shape index (κ2) is 10.3. The highest BCUT2D eigenvalue weighted by Crippen LogP contribution is 2.12. The van der Waals surface area contributed by atoms with Crippen LogP contribution in [-0.2, 0) is 0 Å². The molecule has 1 N–H and O–H groups in total. The molecule has 0 aromatic heterocycles. The van der Waals surface area contributed by atoms with Crippen molar-refractivity contribution in [2.45, 2.75) is 63.9 Å². The van der Waals surface area contributed by atoms with Gasteiger partial charge in [-0.2, -0.15) is 0 Å². The lowest BCUT2D eigenvalue weighted by Crippen LogP contribution is -2.36. The van der Waals surface area contributed by atoms with Crippen molar-refractivity contribution in [2.24, 2.45) is 0 Å². The number of nitrogens with zero attached hydrogens (tertiary/aromatic N) is 1. The van der Waals surface area contributed by atoms with Crippen LogP contribution < -0.4 is 0 Å². The van der Waals surface area contributed by atoms with Crippen molar-refractivity contribution in [1.29, 1.82) is 0 Å². The van der Waals surface area contributed by atoms with Gasteiger partial charge in [0.2, 0.25) is 0 Å². The van der Waals surface area contributed by atoms with E-state index in [9.17, 15) is 5.11 Å². The van der Waals surface area contributed by atoms with Gasteiger partial charge in [-0.15, -0.1) is 0 Å². The third-order valence-corrected chi connectivity index (χ3v) is 4.23. The van der Waals surface area contributed by atoms with Gasteiger partial charge < -0.3 is 10.0 Å². The summed E-state index contributed by atoms with van der Waals surface area (Å²) in [5.74, 6) is 0. The standard InChI is InChI=1S/C14H28BrNO/c15-10-6-4-2-1-3-5-7-11-16-12-8-14(17)9-13-16/h14,17H,1-13H2. The zero-order valence-electron chi connectivity index (χ0n) is 11.0. The third-order valence-electron chi connectivity index (χ3n) is 3.67. The molecule has 1 aliphatic heterocycles. The lowest BCUT2D eigenvalue weighted by Gasteiger charge is -2.29. The van der Waals surface area contributed by atoms with E-state index < -0.39 is 0 Å². The van der Waals surface area contributed by atoms with Gasteiger partial charge >= 0.3 is 0 Å². The van der Waals surface area contributed by atoms with Gasteiger partial charge in [-0.25, -0.2) is 0 Å². The molecule has 0 aromatic rings. The van der Waals surface area contributed by atoms with Crippen molar-refractivity contribution < 1.29 is 5.11 Å². The smallest absolute Gasteiger partial charge is 0.0564 e. The molecule has 1 heterocycles. The van der Waals surface area contributed by atoms with Gasteiger partial charge in [0.1, 0.15) is 0 Å². The van der Waals surface area contributed by atoms with Gasteiger partial charge in [-0.3, -0.25) is 0 Å². The summed E-state index contributed by atoms with van der Waals surface area (Å²) in [7, 11) is 0. The van der Waals surface area contributed by atoms with Crippen molar-refractivity contribution >= 4 is 15.9 Å². The summed E-state index contributed by atoms with van der Waals surface area (Å²) in [6.07, 6.45) is 11.6. The lowest BCUT2D eigenvalue weighted by molar-refractivity contribution is 0.0817. The maximum atomic E-state index is 9.41. The van der Waals surface area contributed by atoms with E-state index >= 15 is 0 Å². The van der Waals surface area contributed by atoms with Crippen LogP contribution in [0.5, 0.6) is 0 Å². The van der Waals surface area contributed by atoms with Crippen LogP contribution in [0.2, 0.25) is 0 Å². The second-order valence-corrected chi connectivity index (χ2v) is 6.03. The van der Waals surface area contributed by atoms with Crippen LogP contribution in [0.1, 0.15) is 57.8 Å². The largest absolute Gasteiger partial charge is 0.393 e. The molecule has 2 nitrogen and oxygen atoms in total. The van der Waals surface area contributed by atoms with Crippen LogP contribution in [0.4, 0.5) is 0 Å². The van der Waals surface area contributed by atoms with Crippen LogP contribution in [0.15, 0.2) is 0 Å². The Bertz CT molecular complexity index is 170. The number of likely N-dealkylation sites (tertiary alicyclic amines) is 1. The van der Waals surface area contributed by atoms with Gasteiger partial charge in [-0.05, 0) is 32.2 Å².